The molecule has 0 saturated carbocycles. The largest absolute Gasteiger partial charge is 0.468 e. The quantitative estimate of drug-likeness (QED) is 0.799. The second-order valence-electron chi connectivity index (χ2n) is 6.77. The van der Waals surface area contributed by atoms with Crippen LogP contribution in [0, 0.1) is 0 Å². The first kappa shape index (κ1) is 15.9. The molecule has 4 rings (SSSR count). The number of aryl methyl sites for hydroxylation is 2. The van der Waals surface area contributed by atoms with Crippen molar-refractivity contribution in [2.45, 2.75) is 38.6 Å². The number of piperazine rings is 1. The molecule has 1 aliphatic heterocycles. The van der Waals surface area contributed by atoms with Crippen LogP contribution in [-0.4, -0.2) is 41.9 Å². The second-order valence-corrected chi connectivity index (χ2v) is 7.90. The molecule has 2 aromatic rings. The molecule has 128 valence electrons. The highest BCUT2D eigenvalue weighted by atomic mass is 32.1. The second kappa shape index (κ2) is 7.11. The Morgan fingerprint density at radius 1 is 1.12 bits per heavy atom. The van der Waals surface area contributed by atoms with Crippen LogP contribution in [0.5, 0.6) is 0 Å². The molecule has 2 aromatic heterocycles. The summed E-state index contributed by atoms with van der Waals surface area (Å²) in [6.45, 7) is 4.28. The number of hydrogen-bond acceptors (Lipinski definition) is 4. The van der Waals surface area contributed by atoms with E-state index in [1.165, 1.54) is 29.7 Å². The lowest BCUT2D eigenvalue weighted by Gasteiger charge is -2.34. The minimum Gasteiger partial charge on any atom is -0.468 e. The van der Waals surface area contributed by atoms with E-state index in [2.05, 4.69) is 11.0 Å². The Labute approximate surface area is 147 Å². The minimum absolute atomic E-state index is 0.228. The highest BCUT2D eigenvalue weighted by molar-refractivity contribution is 7.14. The monoisotopic (exact) mass is 344 g/mol. The smallest absolute Gasteiger partial charge is 0.264 e. The molecule has 4 nitrogen and oxygen atoms in total. The number of nitrogens with zero attached hydrogens (tertiary/aromatic N) is 2. The van der Waals surface area contributed by atoms with Gasteiger partial charge in [0.15, 0.2) is 0 Å². The van der Waals surface area contributed by atoms with Gasteiger partial charge in [0.2, 0.25) is 0 Å². The number of hydrogen-bond donors (Lipinski definition) is 0. The van der Waals surface area contributed by atoms with Crippen molar-refractivity contribution in [2.24, 2.45) is 0 Å². The van der Waals surface area contributed by atoms with Crippen molar-refractivity contribution in [3.05, 3.63) is 45.5 Å². The average Bonchev–Trinajstić information content (AvgIpc) is 3.20. The molecule has 0 aromatic carbocycles. The van der Waals surface area contributed by atoms with Crippen LogP contribution in [-0.2, 0) is 19.4 Å². The van der Waals surface area contributed by atoms with E-state index in [0.717, 1.165) is 56.2 Å². The van der Waals surface area contributed by atoms with Crippen molar-refractivity contribution in [1.29, 1.82) is 0 Å². The van der Waals surface area contributed by atoms with Gasteiger partial charge in [0.05, 0.1) is 17.7 Å². The van der Waals surface area contributed by atoms with E-state index in [0.29, 0.717) is 0 Å². The Morgan fingerprint density at radius 2 is 1.96 bits per heavy atom. The molecule has 1 amide bonds. The van der Waals surface area contributed by atoms with Gasteiger partial charge in [-0.3, -0.25) is 9.69 Å². The molecule has 1 fully saturated rings. The maximum Gasteiger partial charge on any atom is 0.264 e. The van der Waals surface area contributed by atoms with Gasteiger partial charge in [0.25, 0.3) is 5.91 Å². The Kier molecular flexibility index (Phi) is 4.72. The molecule has 0 spiro atoms. The third-order valence-corrected chi connectivity index (χ3v) is 6.30. The summed E-state index contributed by atoms with van der Waals surface area (Å²) in [5.74, 6) is 1.22. The molecular weight excluding hydrogens is 320 g/mol. The topological polar surface area (TPSA) is 36.7 Å². The number of fused-ring (bicyclic) bond motifs is 1. The van der Waals surface area contributed by atoms with E-state index in [4.69, 9.17) is 4.42 Å². The van der Waals surface area contributed by atoms with E-state index in [1.807, 2.05) is 17.0 Å². The van der Waals surface area contributed by atoms with Crippen LogP contribution in [0.25, 0.3) is 0 Å². The summed E-state index contributed by atoms with van der Waals surface area (Å²) in [5, 5.41) is 0. The summed E-state index contributed by atoms with van der Waals surface area (Å²) in [6.07, 6.45) is 7.88. The summed E-state index contributed by atoms with van der Waals surface area (Å²) in [6, 6.07) is 6.11. The molecule has 1 aliphatic carbocycles. The fourth-order valence-corrected chi connectivity index (χ4v) is 4.88. The van der Waals surface area contributed by atoms with Gasteiger partial charge in [-0.15, -0.1) is 11.3 Å². The number of rotatable bonds is 3. The van der Waals surface area contributed by atoms with Gasteiger partial charge in [-0.05, 0) is 49.4 Å². The predicted octanol–water partition coefficient (Wildman–Crippen LogP) is 3.57. The summed E-state index contributed by atoms with van der Waals surface area (Å²) in [4.78, 5) is 19.6. The lowest BCUT2D eigenvalue weighted by Crippen LogP contribution is -2.48. The third kappa shape index (κ3) is 3.42. The van der Waals surface area contributed by atoms with Gasteiger partial charge >= 0.3 is 0 Å². The fourth-order valence-electron chi connectivity index (χ4n) is 3.66. The minimum atomic E-state index is 0.228. The zero-order valence-corrected chi connectivity index (χ0v) is 14.8. The van der Waals surface area contributed by atoms with Crippen molar-refractivity contribution in [3.8, 4) is 0 Å². The Hall–Kier alpha value is -1.59. The normalized spacial score (nSPS) is 19.1. The lowest BCUT2D eigenvalue weighted by atomic mass is 10.1. The van der Waals surface area contributed by atoms with Gasteiger partial charge in [0, 0.05) is 31.1 Å². The Morgan fingerprint density at radius 3 is 2.75 bits per heavy atom. The summed E-state index contributed by atoms with van der Waals surface area (Å²) in [5.41, 5.74) is 1.43. The number of furan rings is 1. The molecule has 24 heavy (non-hydrogen) atoms. The molecule has 0 N–H and O–H groups in total. The lowest BCUT2D eigenvalue weighted by molar-refractivity contribution is 0.0625. The number of amides is 1. The van der Waals surface area contributed by atoms with Crippen molar-refractivity contribution in [3.63, 3.8) is 0 Å². The standard InChI is InChI=1S/C19H24N2O2S/c22-19(18-13-15-5-2-1-3-7-17(15)24-18)21-10-8-20(9-11-21)14-16-6-4-12-23-16/h4,6,12-13H,1-3,5,7-11,14H2. The molecule has 0 radical (unpaired) electrons. The zero-order valence-electron chi connectivity index (χ0n) is 14.0. The Balaban J connectivity index is 1.36. The van der Waals surface area contributed by atoms with Crippen molar-refractivity contribution in [1.82, 2.24) is 9.80 Å². The van der Waals surface area contributed by atoms with Crippen LogP contribution in [0.4, 0.5) is 0 Å². The van der Waals surface area contributed by atoms with E-state index in [1.54, 1.807) is 17.6 Å². The number of carbonyl (C=O) groups is 1. The van der Waals surface area contributed by atoms with Crippen LogP contribution in [0.2, 0.25) is 0 Å². The Bertz CT molecular complexity index is 661. The molecule has 0 atom stereocenters. The van der Waals surface area contributed by atoms with Gasteiger partial charge in [-0.2, -0.15) is 0 Å². The average molecular weight is 344 g/mol. The fraction of sp³-hybridized carbons (Fsp3) is 0.526. The SMILES string of the molecule is O=C(c1cc2c(s1)CCCCC2)N1CCN(Cc2ccco2)CC1. The van der Waals surface area contributed by atoms with Crippen LogP contribution >= 0.6 is 11.3 Å². The van der Waals surface area contributed by atoms with E-state index in [-0.39, 0.29) is 5.91 Å². The van der Waals surface area contributed by atoms with Gasteiger partial charge in [-0.1, -0.05) is 6.42 Å². The van der Waals surface area contributed by atoms with Crippen LogP contribution < -0.4 is 0 Å². The van der Waals surface area contributed by atoms with E-state index in [9.17, 15) is 4.79 Å². The van der Waals surface area contributed by atoms with Gasteiger partial charge in [0.1, 0.15) is 5.76 Å². The van der Waals surface area contributed by atoms with Crippen molar-refractivity contribution < 1.29 is 9.21 Å². The molecular formula is C19H24N2O2S. The predicted molar refractivity (Wildman–Crippen MR) is 95.5 cm³/mol. The maximum atomic E-state index is 12.8. The third-order valence-electron chi connectivity index (χ3n) is 5.08. The van der Waals surface area contributed by atoms with E-state index >= 15 is 0 Å². The molecule has 2 aliphatic rings. The van der Waals surface area contributed by atoms with Gasteiger partial charge in [-0.25, -0.2) is 0 Å². The zero-order chi connectivity index (χ0) is 16.4. The first-order valence-electron chi connectivity index (χ1n) is 8.95. The van der Waals surface area contributed by atoms with Crippen LogP contribution in [0.1, 0.15) is 45.1 Å². The van der Waals surface area contributed by atoms with E-state index < -0.39 is 0 Å². The summed E-state index contributed by atoms with van der Waals surface area (Å²) in [7, 11) is 0. The molecule has 0 bridgehead atoms. The molecule has 1 saturated heterocycles. The van der Waals surface area contributed by atoms with Crippen LogP contribution in [0.15, 0.2) is 28.9 Å². The molecule has 5 heteroatoms. The first-order chi connectivity index (χ1) is 11.8. The number of thiophene rings is 1. The highest BCUT2D eigenvalue weighted by Crippen LogP contribution is 2.30. The highest BCUT2D eigenvalue weighted by Gasteiger charge is 2.25. The number of carbonyl (C=O) groups excluding carboxylic acids is 1. The van der Waals surface area contributed by atoms with Crippen LogP contribution in [0.3, 0.4) is 0 Å². The summed E-state index contributed by atoms with van der Waals surface area (Å²) >= 11 is 1.74. The van der Waals surface area contributed by atoms with Crippen molar-refractivity contribution >= 4 is 17.2 Å². The maximum absolute atomic E-state index is 12.8. The first-order valence-corrected chi connectivity index (χ1v) is 9.77. The van der Waals surface area contributed by atoms with Crippen molar-refractivity contribution in [2.75, 3.05) is 26.2 Å². The molecule has 0 unspecified atom stereocenters. The molecule has 3 heterocycles. The summed E-state index contributed by atoms with van der Waals surface area (Å²) < 4.78 is 5.42. The van der Waals surface area contributed by atoms with Gasteiger partial charge < -0.3 is 9.32 Å².